The van der Waals surface area contributed by atoms with Crippen molar-refractivity contribution in [3.63, 3.8) is 0 Å². The van der Waals surface area contributed by atoms with Crippen molar-refractivity contribution in [2.45, 2.75) is 51.8 Å². The highest BCUT2D eigenvalue weighted by Gasteiger charge is 2.31. The molecule has 1 aromatic rings. The largest absolute Gasteiger partial charge is 0.393 e. The third kappa shape index (κ3) is 3.58. The van der Waals surface area contributed by atoms with E-state index in [2.05, 4.69) is 35.3 Å². The van der Waals surface area contributed by atoms with E-state index in [4.69, 9.17) is 0 Å². The molecule has 0 radical (unpaired) electrons. The van der Waals surface area contributed by atoms with E-state index < -0.39 is 0 Å². The molecule has 0 spiro atoms. The minimum atomic E-state index is -0.214. The van der Waals surface area contributed by atoms with Crippen molar-refractivity contribution in [2.75, 3.05) is 6.54 Å². The second kappa shape index (κ2) is 5.69. The quantitative estimate of drug-likeness (QED) is 0.762. The number of aryl methyl sites for hydroxylation is 1. The molecule has 2 rings (SSSR count). The van der Waals surface area contributed by atoms with Gasteiger partial charge in [-0.1, -0.05) is 6.92 Å². The third-order valence-electron chi connectivity index (χ3n) is 3.45. The molecule has 1 aliphatic rings. The van der Waals surface area contributed by atoms with Crippen LogP contribution >= 0.6 is 0 Å². The van der Waals surface area contributed by atoms with E-state index in [1.54, 1.807) is 0 Å². The van der Waals surface area contributed by atoms with Crippen molar-refractivity contribution in [2.24, 2.45) is 5.92 Å². The number of hydrogen-bond donors (Lipinski definition) is 2. The first kappa shape index (κ1) is 12.7. The van der Waals surface area contributed by atoms with E-state index in [1.165, 1.54) is 18.4 Å². The molecule has 3 heteroatoms. The number of nitrogens with one attached hydrogen (secondary N) is 1. The van der Waals surface area contributed by atoms with Gasteiger partial charge in [-0.3, -0.25) is 0 Å². The molecular formula is C14H24N2O. The van der Waals surface area contributed by atoms with Crippen molar-refractivity contribution in [3.05, 3.63) is 24.0 Å². The van der Waals surface area contributed by atoms with Gasteiger partial charge in [0.1, 0.15) is 0 Å². The van der Waals surface area contributed by atoms with E-state index >= 15 is 0 Å². The predicted octanol–water partition coefficient (Wildman–Crippen LogP) is 2.32. The van der Waals surface area contributed by atoms with E-state index in [9.17, 15) is 5.11 Å². The van der Waals surface area contributed by atoms with E-state index in [-0.39, 0.29) is 6.10 Å². The summed E-state index contributed by atoms with van der Waals surface area (Å²) in [6.07, 6.45) is 7.68. The summed E-state index contributed by atoms with van der Waals surface area (Å²) in [6, 6.07) is 2.75. The topological polar surface area (TPSA) is 37.2 Å². The Bertz CT molecular complexity index is 342. The molecule has 1 heterocycles. The fourth-order valence-electron chi connectivity index (χ4n) is 2.32. The van der Waals surface area contributed by atoms with E-state index in [0.717, 1.165) is 25.4 Å². The Hall–Kier alpha value is -0.800. The molecule has 2 unspecified atom stereocenters. The van der Waals surface area contributed by atoms with Crippen molar-refractivity contribution < 1.29 is 5.11 Å². The monoisotopic (exact) mass is 236 g/mol. The van der Waals surface area contributed by atoms with Crippen LogP contribution in [0.2, 0.25) is 0 Å². The van der Waals surface area contributed by atoms with Gasteiger partial charge in [0.2, 0.25) is 0 Å². The second-order valence-electron chi connectivity index (χ2n) is 5.19. The van der Waals surface area contributed by atoms with Gasteiger partial charge in [0, 0.05) is 25.0 Å². The van der Waals surface area contributed by atoms with E-state index in [0.29, 0.717) is 6.04 Å². The normalized spacial score (nSPS) is 19.2. The average Bonchev–Trinajstić information content (AvgIpc) is 3.02. The maximum atomic E-state index is 9.29. The van der Waals surface area contributed by atoms with Crippen LogP contribution in [0.1, 0.15) is 44.7 Å². The molecule has 2 N–H and O–H groups in total. The summed E-state index contributed by atoms with van der Waals surface area (Å²) in [7, 11) is 0. The summed E-state index contributed by atoms with van der Waals surface area (Å²) < 4.78 is 2.19. The zero-order chi connectivity index (χ0) is 12.3. The molecule has 0 bridgehead atoms. The maximum Gasteiger partial charge on any atom is 0.0529 e. The van der Waals surface area contributed by atoms with Gasteiger partial charge in [-0.2, -0.15) is 0 Å². The zero-order valence-corrected chi connectivity index (χ0v) is 10.9. The Labute approximate surface area is 104 Å². The zero-order valence-electron chi connectivity index (χ0n) is 10.9. The van der Waals surface area contributed by atoms with Crippen LogP contribution < -0.4 is 5.32 Å². The summed E-state index contributed by atoms with van der Waals surface area (Å²) in [4.78, 5) is 0. The minimum absolute atomic E-state index is 0.214. The molecule has 3 nitrogen and oxygen atoms in total. The van der Waals surface area contributed by atoms with Gasteiger partial charge in [0.05, 0.1) is 6.10 Å². The third-order valence-corrected chi connectivity index (χ3v) is 3.45. The number of rotatable bonds is 7. The highest BCUT2D eigenvalue weighted by atomic mass is 16.3. The summed E-state index contributed by atoms with van der Waals surface area (Å²) in [5, 5.41) is 12.9. The molecule has 2 atom stereocenters. The SMILES string of the molecule is CCNC(c1ccn(CCC(C)O)c1)C1CC1. The molecule has 1 aliphatic carbocycles. The molecule has 1 saturated carbocycles. The van der Waals surface area contributed by atoms with Crippen LogP contribution in [0, 0.1) is 5.92 Å². The molecule has 1 fully saturated rings. The van der Waals surface area contributed by atoms with Gasteiger partial charge >= 0.3 is 0 Å². The number of aromatic nitrogens is 1. The van der Waals surface area contributed by atoms with E-state index in [1.807, 2.05) is 6.92 Å². The molecule has 0 amide bonds. The minimum Gasteiger partial charge on any atom is -0.393 e. The lowest BCUT2D eigenvalue weighted by Gasteiger charge is -2.15. The highest BCUT2D eigenvalue weighted by molar-refractivity contribution is 5.18. The first-order valence-corrected chi connectivity index (χ1v) is 6.77. The maximum absolute atomic E-state index is 9.29. The number of aliphatic hydroxyl groups is 1. The molecule has 1 aromatic heterocycles. The first-order valence-electron chi connectivity index (χ1n) is 6.77. The standard InChI is InChI=1S/C14H24N2O/c1-3-15-14(12-4-5-12)13-7-9-16(10-13)8-6-11(2)17/h7,9-12,14-15,17H,3-6,8H2,1-2H3. The van der Waals surface area contributed by atoms with Crippen molar-refractivity contribution in [1.29, 1.82) is 0 Å². The van der Waals surface area contributed by atoms with Gasteiger partial charge < -0.3 is 15.0 Å². The summed E-state index contributed by atoms with van der Waals surface area (Å²) in [5.74, 6) is 0.836. The lowest BCUT2D eigenvalue weighted by atomic mass is 10.1. The highest BCUT2D eigenvalue weighted by Crippen LogP contribution is 2.40. The Balaban J connectivity index is 1.95. The lowest BCUT2D eigenvalue weighted by Crippen LogP contribution is -2.22. The predicted molar refractivity (Wildman–Crippen MR) is 69.9 cm³/mol. The smallest absolute Gasteiger partial charge is 0.0529 e. The molecular weight excluding hydrogens is 212 g/mol. The van der Waals surface area contributed by atoms with Gasteiger partial charge in [-0.05, 0) is 50.3 Å². The van der Waals surface area contributed by atoms with Crippen LogP contribution in [0.25, 0.3) is 0 Å². The van der Waals surface area contributed by atoms with Gasteiger partial charge in [0.25, 0.3) is 0 Å². The van der Waals surface area contributed by atoms with Crippen LogP contribution in [-0.2, 0) is 6.54 Å². The Morgan fingerprint density at radius 3 is 2.88 bits per heavy atom. The fraction of sp³-hybridized carbons (Fsp3) is 0.714. The van der Waals surface area contributed by atoms with Crippen LogP contribution in [0.5, 0.6) is 0 Å². The Morgan fingerprint density at radius 1 is 1.53 bits per heavy atom. The number of hydrogen-bond acceptors (Lipinski definition) is 2. The van der Waals surface area contributed by atoms with Crippen molar-refractivity contribution in [1.82, 2.24) is 9.88 Å². The number of nitrogens with zero attached hydrogens (tertiary/aromatic N) is 1. The van der Waals surface area contributed by atoms with Crippen LogP contribution in [0.15, 0.2) is 18.5 Å². The molecule has 0 aliphatic heterocycles. The summed E-state index contributed by atoms with van der Waals surface area (Å²) in [6.45, 7) is 5.94. The van der Waals surface area contributed by atoms with Crippen LogP contribution in [-0.4, -0.2) is 22.3 Å². The van der Waals surface area contributed by atoms with Crippen LogP contribution in [0.4, 0.5) is 0 Å². The van der Waals surface area contributed by atoms with Gasteiger partial charge in [0.15, 0.2) is 0 Å². The average molecular weight is 236 g/mol. The Kier molecular flexibility index (Phi) is 4.24. The molecule has 0 saturated heterocycles. The Morgan fingerprint density at radius 2 is 2.29 bits per heavy atom. The van der Waals surface area contributed by atoms with Crippen LogP contribution in [0.3, 0.4) is 0 Å². The summed E-state index contributed by atoms with van der Waals surface area (Å²) >= 11 is 0. The molecule has 0 aromatic carbocycles. The number of aliphatic hydroxyl groups excluding tert-OH is 1. The van der Waals surface area contributed by atoms with Crippen molar-refractivity contribution in [3.8, 4) is 0 Å². The fourth-order valence-corrected chi connectivity index (χ4v) is 2.32. The van der Waals surface area contributed by atoms with Gasteiger partial charge in [-0.25, -0.2) is 0 Å². The van der Waals surface area contributed by atoms with Gasteiger partial charge in [-0.15, -0.1) is 0 Å². The van der Waals surface area contributed by atoms with Crippen molar-refractivity contribution >= 4 is 0 Å². The second-order valence-corrected chi connectivity index (χ2v) is 5.19. The molecule has 96 valence electrons. The summed E-state index contributed by atoms with van der Waals surface area (Å²) in [5.41, 5.74) is 1.40. The first-order chi connectivity index (χ1) is 8.20. The lowest BCUT2D eigenvalue weighted by molar-refractivity contribution is 0.178. The molecule has 17 heavy (non-hydrogen) atoms.